The van der Waals surface area contributed by atoms with Gasteiger partial charge in [0.25, 0.3) is 0 Å². The smallest absolute Gasteiger partial charge is 0.241 e. The number of aliphatic imine (C=N–C) groups is 1. The molecule has 0 aromatic heterocycles. The van der Waals surface area contributed by atoms with Crippen molar-refractivity contribution >= 4 is 11.9 Å². The second kappa shape index (κ2) is 10.0. The highest BCUT2D eigenvalue weighted by atomic mass is 16.5. The maximum Gasteiger partial charge on any atom is 0.241 e. The molecular weight excluding hydrogens is 328 g/mol. The van der Waals surface area contributed by atoms with E-state index in [1.807, 2.05) is 6.92 Å². The van der Waals surface area contributed by atoms with Gasteiger partial charge in [0.1, 0.15) is 5.75 Å². The van der Waals surface area contributed by atoms with E-state index in [4.69, 9.17) is 4.74 Å². The minimum absolute atomic E-state index is 0.0104. The van der Waals surface area contributed by atoms with Crippen molar-refractivity contribution in [3.05, 3.63) is 29.3 Å². The summed E-state index contributed by atoms with van der Waals surface area (Å²) in [6.07, 6.45) is 5.08. The van der Waals surface area contributed by atoms with Gasteiger partial charge in [-0.2, -0.15) is 0 Å². The lowest BCUT2D eigenvalue weighted by Gasteiger charge is -2.17. The van der Waals surface area contributed by atoms with E-state index >= 15 is 0 Å². The molecule has 1 saturated carbocycles. The summed E-state index contributed by atoms with van der Waals surface area (Å²) in [4.78, 5) is 18.0. The van der Waals surface area contributed by atoms with Gasteiger partial charge in [-0.05, 0) is 51.2 Å². The fourth-order valence-corrected chi connectivity index (χ4v) is 2.91. The third kappa shape index (κ3) is 6.24. The first-order valence-electron chi connectivity index (χ1n) is 9.48. The molecule has 0 aliphatic heterocycles. The second-order valence-corrected chi connectivity index (χ2v) is 6.97. The monoisotopic (exact) mass is 360 g/mol. The molecule has 0 unspecified atom stereocenters. The van der Waals surface area contributed by atoms with Crippen molar-refractivity contribution in [2.75, 3.05) is 27.2 Å². The van der Waals surface area contributed by atoms with E-state index < -0.39 is 0 Å². The van der Waals surface area contributed by atoms with E-state index in [0.717, 1.165) is 30.7 Å². The van der Waals surface area contributed by atoms with Gasteiger partial charge in [0.15, 0.2) is 5.96 Å². The Labute approximate surface area is 157 Å². The lowest BCUT2D eigenvalue weighted by Crippen LogP contribution is -2.42. The fourth-order valence-electron chi connectivity index (χ4n) is 2.91. The zero-order chi connectivity index (χ0) is 18.9. The minimum Gasteiger partial charge on any atom is -0.490 e. The number of ether oxygens (including phenoxy) is 1. The van der Waals surface area contributed by atoms with Crippen LogP contribution in [0.15, 0.2) is 23.2 Å². The number of benzene rings is 1. The number of carbonyl (C=O) groups excluding carboxylic acids is 1. The van der Waals surface area contributed by atoms with Crippen LogP contribution in [0.2, 0.25) is 0 Å². The van der Waals surface area contributed by atoms with Gasteiger partial charge in [-0.25, -0.2) is 4.99 Å². The summed E-state index contributed by atoms with van der Waals surface area (Å²) in [6, 6.07) is 6.26. The van der Waals surface area contributed by atoms with Crippen LogP contribution >= 0.6 is 0 Å². The fraction of sp³-hybridized carbons (Fsp3) is 0.600. The van der Waals surface area contributed by atoms with E-state index in [-0.39, 0.29) is 12.5 Å². The quantitative estimate of drug-likeness (QED) is 0.579. The molecule has 1 fully saturated rings. The highest BCUT2D eigenvalue weighted by Gasteiger charge is 2.18. The summed E-state index contributed by atoms with van der Waals surface area (Å²) in [5.74, 6) is 1.58. The Morgan fingerprint density at radius 1 is 1.27 bits per heavy atom. The van der Waals surface area contributed by atoms with E-state index in [9.17, 15) is 4.79 Å². The molecule has 26 heavy (non-hydrogen) atoms. The lowest BCUT2D eigenvalue weighted by atomic mass is 10.1. The largest absolute Gasteiger partial charge is 0.490 e. The zero-order valence-corrected chi connectivity index (χ0v) is 16.5. The van der Waals surface area contributed by atoms with E-state index in [0.29, 0.717) is 18.6 Å². The Morgan fingerprint density at radius 2 is 2.00 bits per heavy atom. The van der Waals surface area contributed by atoms with Crippen molar-refractivity contribution in [3.63, 3.8) is 0 Å². The van der Waals surface area contributed by atoms with Crippen molar-refractivity contribution < 1.29 is 9.53 Å². The van der Waals surface area contributed by atoms with Crippen molar-refractivity contribution in [3.8, 4) is 5.75 Å². The molecule has 0 bridgehead atoms. The van der Waals surface area contributed by atoms with Crippen molar-refractivity contribution in [2.24, 2.45) is 4.99 Å². The molecule has 2 rings (SSSR count). The second-order valence-electron chi connectivity index (χ2n) is 6.97. The van der Waals surface area contributed by atoms with Crippen molar-refractivity contribution in [1.82, 2.24) is 15.5 Å². The Kier molecular flexibility index (Phi) is 7.75. The summed E-state index contributed by atoms with van der Waals surface area (Å²) in [7, 11) is 3.49. The number of hydrogen-bond donors (Lipinski definition) is 2. The number of aryl methyl sites for hydroxylation is 1. The van der Waals surface area contributed by atoms with Crippen LogP contribution in [0.1, 0.15) is 43.7 Å². The molecular formula is C20H32N4O2. The average Bonchev–Trinajstić information content (AvgIpc) is 3.11. The highest BCUT2D eigenvalue weighted by molar-refractivity contribution is 5.86. The highest BCUT2D eigenvalue weighted by Crippen LogP contribution is 2.28. The summed E-state index contributed by atoms with van der Waals surface area (Å²) >= 11 is 0. The van der Waals surface area contributed by atoms with Crippen LogP contribution in [-0.2, 0) is 11.3 Å². The molecule has 2 N–H and O–H groups in total. The van der Waals surface area contributed by atoms with E-state index in [2.05, 4.69) is 40.7 Å². The molecule has 1 aromatic rings. The maximum absolute atomic E-state index is 11.8. The van der Waals surface area contributed by atoms with Crippen molar-refractivity contribution in [1.29, 1.82) is 0 Å². The first kappa shape index (κ1) is 20.1. The van der Waals surface area contributed by atoms with Gasteiger partial charge in [0, 0.05) is 26.2 Å². The number of nitrogens with zero attached hydrogens (tertiary/aromatic N) is 2. The van der Waals surface area contributed by atoms with Crippen LogP contribution in [0.25, 0.3) is 0 Å². The normalized spacial score (nSPS) is 15.0. The molecule has 144 valence electrons. The lowest BCUT2D eigenvalue weighted by molar-refractivity contribution is -0.127. The Bertz CT molecular complexity index is 622. The van der Waals surface area contributed by atoms with Crippen molar-refractivity contribution in [2.45, 2.75) is 52.2 Å². The summed E-state index contributed by atoms with van der Waals surface area (Å²) in [5, 5.41) is 6.26. The summed E-state index contributed by atoms with van der Waals surface area (Å²) < 4.78 is 6.24. The predicted molar refractivity (Wildman–Crippen MR) is 106 cm³/mol. The molecule has 1 aliphatic carbocycles. The molecule has 0 saturated heterocycles. The zero-order valence-electron chi connectivity index (χ0n) is 16.5. The van der Waals surface area contributed by atoms with Gasteiger partial charge in [0.2, 0.25) is 5.91 Å². The molecule has 0 atom stereocenters. The van der Waals surface area contributed by atoms with Gasteiger partial charge in [-0.1, -0.05) is 12.1 Å². The van der Waals surface area contributed by atoms with E-state index in [1.54, 1.807) is 19.0 Å². The Hall–Kier alpha value is -2.24. The van der Waals surface area contributed by atoms with Gasteiger partial charge < -0.3 is 20.3 Å². The third-order valence-corrected chi connectivity index (χ3v) is 4.48. The van der Waals surface area contributed by atoms with Gasteiger partial charge in [-0.3, -0.25) is 4.79 Å². The average molecular weight is 361 g/mol. The molecule has 6 nitrogen and oxygen atoms in total. The molecule has 0 spiro atoms. The number of likely N-dealkylation sites (N-methyl/N-ethyl adjacent to an activating group) is 1. The molecule has 0 radical (unpaired) electrons. The number of nitrogens with one attached hydrogen (secondary N) is 2. The molecule has 1 amide bonds. The summed E-state index contributed by atoms with van der Waals surface area (Å²) in [6.45, 7) is 5.55. The maximum atomic E-state index is 11.8. The van der Waals surface area contributed by atoms with Crippen LogP contribution < -0.4 is 15.4 Å². The van der Waals surface area contributed by atoms with Gasteiger partial charge in [0.05, 0.1) is 19.2 Å². The van der Waals surface area contributed by atoms with Crippen LogP contribution in [-0.4, -0.2) is 50.1 Å². The molecule has 6 heteroatoms. The summed E-state index contributed by atoms with van der Waals surface area (Å²) in [5.41, 5.74) is 2.26. The standard InChI is InChI=1S/C20H32N4O2/c1-5-21-20(23-14-19(25)24(3)4)22-13-16-11-10-15(2)12-18(16)26-17-8-6-7-9-17/h10-12,17H,5-9,13-14H2,1-4H3,(H2,21,22,23). The Morgan fingerprint density at radius 3 is 2.65 bits per heavy atom. The van der Waals surface area contributed by atoms with Gasteiger partial charge in [-0.15, -0.1) is 0 Å². The molecule has 1 aromatic carbocycles. The number of carbonyl (C=O) groups is 1. The van der Waals surface area contributed by atoms with Crippen LogP contribution in [0, 0.1) is 6.92 Å². The SMILES string of the molecule is CCNC(=NCc1ccc(C)cc1OC1CCCC1)NCC(=O)N(C)C. The predicted octanol–water partition coefficient (Wildman–Crippen LogP) is 2.46. The first-order valence-corrected chi connectivity index (χ1v) is 9.48. The first-order chi connectivity index (χ1) is 12.5. The minimum atomic E-state index is 0.0104. The van der Waals surface area contributed by atoms with E-state index in [1.165, 1.54) is 18.4 Å². The number of hydrogen-bond acceptors (Lipinski definition) is 3. The van der Waals surface area contributed by atoms with Crippen LogP contribution in [0.3, 0.4) is 0 Å². The molecule has 1 aliphatic rings. The van der Waals surface area contributed by atoms with Gasteiger partial charge >= 0.3 is 0 Å². The topological polar surface area (TPSA) is 66.0 Å². The number of rotatable bonds is 7. The van der Waals surface area contributed by atoms with Crippen LogP contribution in [0.5, 0.6) is 5.75 Å². The Balaban J connectivity index is 2.05. The third-order valence-electron chi connectivity index (χ3n) is 4.48. The molecule has 0 heterocycles. The van der Waals surface area contributed by atoms with Crippen LogP contribution in [0.4, 0.5) is 0 Å². The number of amides is 1. The number of guanidine groups is 1.